The minimum atomic E-state index is -1.28. The lowest BCUT2D eigenvalue weighted by Gasteiger charge is -2.21. The maximum Gasteiger partial charge on any atom is 0.251 e. The van der Waals surface area contributed by atoms with Gasteiger partial charge >= 0.3 is 0 Å². The molecule has 0 aliphatic carbocycles. The molecule has 0 heterocycles. The van der Waals surface area contributed by atoms with Gasteiger partial charge in [0.2, 0.25) is 0 Å². The van der Waals surface area contributed by atoms with Gasteiger partial charge in [0.25, 0.3) is 5.91 Å². The van der Waals surface area contributed by atoms with Gasteiger partial charge < -0.3 is 29.4 Å². The fraction of sp³-hybridized carbons (Fsp3) is 0.263. The highest BCUT2D eigenvalue weighted by Crippen LogP contribution is 2.31. The molecule has 0 unspecified atom stereocenters. The zero-order valence-corrected chi connectivity index (χ0v) is 14.8. The first kappa shape index (κ1) is 19.1. The van der Waals surface area contributed by atoms with Gasteiger partial charge in [0.15, 0.2) is 11.5 Å². The lowest BCUT2D eigenvalue weighted by atomic mass is 10.0. The Balaban J connectivity index is 2.26. The van der Waals surface area contributed by atoms with Crippen LogP contribution in [0.4, 0.5) is 0 Å². The van der Waals surface area contributed by atoms with Gasteiger partial charge in [-0.15, -0.1) is 0 Å². The van der Waals surface area contributed by atoms with E-state index in [4.69, 9.17) is 14.2 Å². The molecule has 2 aromatic carbocycles. The Hall–Kier alpha value is -3.22. The molecular formula is C19H20NO6-. The molecule has 26 heavy (non-hydrogen) atoms. The predicted molar refractivity (Wildman–Crippen MR) is 92.4 cm³/mol. The van der Waals surface area contributed by atoms with Gasteiger partial charge in [-0.2, -0.15) is 0 Å². The van der Waals surface area contributed by atoms with Crippen molar-refractivity contribution < 1.29 is 28.9 Å². The van der Waals surface area contributed by atoms with Gasteiger partial charge in [-0.3, -0.25) is 4.79 Å². The van der Waals surface area contributed by atoms with Gasteiger partial charge in [0.05, 0.1) is 27.4 Å². The van der Waals surface area contributed by atoms with Crippen LogP contribution in [-0.2, 0) is 4.79 Å². The van der Waals surface area contributed by atoms with E-state index < -0.39 is 17.9 Å². The molecular weight excluding hydrogens is 338 g/mol. The van der Waals surface area contributed by atoms with E-state index in [0.717, 1.165) is 0 Å². The minimum Gasteiger partial charge on any atom is -0.550 e. The zero-order valence-electron chi connectivity index (χ0n) is 14.8. The van der Waals surface area contributed by atoms with Crippen LogP contribution in [0.25, 0.3) is 0 Å². The van der Waals surface area contributed by atoms with Crippen LogP contribution in [0.1, 0.15) is 28.4 Å². The summed E-state index contributed by atoms with van der Waals surface area (Å²) in [7, 11) is 4.51. The third kappa shape index (κ3) is 4.66. The van der Waals surface area contributed by atoms with Crippen LogP contribution >= 0.6 is 0 Å². The smallest absolute Gasteiger partial charge is 0.251 e. The Morgan fingerprint density at radius 3 is 2.15 bits per heavy atom. The van der Waals surface area contributed by atoms with Crippen molar-refractivity contribution in [2.45, 2.75) is 12.5 Å². The summed E-state index contributed by atoms with van der Waals surface area (Å²) in [4.78, 5) is 23.6. The normalized spacial score (nSPS) is 11.3. The number of methoxy groups -OCH3 is 3. The van der Waals surface area contributed by atoms with Crippen molar-refractivity contribution in [1.82, 2.24) is 5.32 Å². The average Bonchev–Trinajstić information content (AvgIpc) is 2.66. The maximum absolute atomic E-state index is 12.5. The second-order valence-corrected chi connectivity index (χ2v) is 5.45. The Bertz CT molecular complexity index is 772. The molecule has 2 aromatic rings. The number of rotatable bonds is 8. The average molecular weight is 358 g/mol. The van der Waals surface area contributed by atoms with Crippen molar-refractivity contribution in [3.05, 3.63) is 53.6 Å². The van der Waals surface area contributed by atoms with E-state index in [1.807, 2.05) is 0 Å². The highest BCUT2D eigenvalue weighted by Gasteiger charge is 2.18. The molecule has 0 aliphatic rings. The first-order valence-corrected chi connectivity index (χ1v) is 7.85. The van der Waals surface area contributed by atoms with E-state index >= 15 is 0 Å². The molecule has 0 saturated carbocycles. The second-order valence-electron chi connectivity index (χ2n) is 5.45. The molecule has 2 rings (SSSR count). The van der Waals surface area contributed by atoms with Gasteiger partial charge in [-0.05, 0) is 42.0 Å². The lowest BCUT2D eigenvalue weighted by molar-refractivity contribution is -0.306. The van der Waals surface area contributed by atoms with Crippen LogP contribution in [0.5, 0.6) is 17.2 Å². The van der Waals surface area contributed by atoms with Crippen molar-refractivity contribution in [2.75, 3.05) is 21.3 Å². The summed E-state index contributed by atoms with van der Waals surface area (Å²) in [6.45, 7) is 0. The third-order valence-electron chi connectivity index (χ3n) is 3.84. The number of carboxylic acids is 1. The van der Waals surface area contributed by atoms with Gasteiger partial charge in [0.1, 0.15) is 5.75 Å². The highest BCUT2D eigenvalue weighted by atomic mass is 16.5. The quantitative estimate of drug-likeness (QED) is 0.764. The van der Waals surface area contributed by atoms with E-state index in [0.29, 0.717) is 28.4 Å². The number of carbonyl (C=O) groups is 2. The monoisotopic (exact) mass is 358 g/mol. The molecule has 0 bridgehead atoms. The summed E-state index contributed by atoms with van der Waals surface area (Å²) in [5.74, 6) is -0.127. The number of carboxylic acid groups (broad SMARTS) is 1. The van der Waals surface area contributed by atoms with Crippen molar-refractivity contribution in [3.63, 3.8) is 0 Å². The molecule has 138 valence electrons. The molecule has 0 aromatic heterocycles. The fourth-order valence-corrected chi connectivity index (χ4v) is 2.47. The number of aliphatic carboxylic acids is 1. The summed E-state index contributed by atoms with van der Waals surface area (Å²) >= 11 is 0. The van der Waals surface area contributed by atoms with Crippen molar-refractivity contribution in [1.29, 1.82) is 0 Å². The number of carbonyl (C=O) groups excluding carboxylic acids is 2. The number of hydrogen-bond donors (Lipinski definition) is 1. The fourth-order valence-electron chi connectivity index (χ4n) is 2.47. The molecule has 0 fully saturated rings. The third-order valence-corrected chi connectivity index (χ3v) is 3.84. The Morgan fingerprint density at radius 2 is 1.62 bits per heavy atom. The summed E-state index contributed by atoms with van der Waals surface area (Å²) in [6.07, 6.45) is -0.378. The molecule has 1 atom stereocenters. The highest BCUT2D eigenvalue weighted by molar-refractivity contribution is 5.94. The number of nitrogens with one attached hydrogen (secondary N) is 1. The molecule has 0 radical (unpaired) electrons. The zero-order chi connectivity index (χ0) is 19.1. The Morgan fingerprint density at radius 1 is 0.962 bits per heavy atom. The molecule has 7 nitrogen and oxygen atoms in total. The molecule has 1 N–H and O–H groups in total. The first-order valence-electron chi connectivity index (χ1n) is 7.85. The van der Waals surface area contributed by atoms with Crippen LogP contribution in [0.2, 0.25) is 0 Å². The SMILES string of the molecule is COc1ccc(C(=O)N[C@@H](CC(=O)[O-])c2ccc(OC)c(OC)c2)cc1. The summed E-state index contributed by atoms with van der Waals surface area (Å²) in [5, 5.41) is 13.8. The van der Waals surface area contributed by atoms with E-state index in [-0.39, 0.29) is 6.42 Å². The Kier molecular flexibility index (Phi) is 6.43. The van der Waals surface area contributed by atoms with E-state index in [1.54, 1.807) is 42.5 Å². The lowest BCUT2D eigenvalue weighted by Crippen LogP contribution is -2.34. The summed E-state index contributed by atoms with van der Waals surface area (Å²) in [5.41, 5.74) is 0.948. The standard InChI is InChI=1S/C19H21NO6/c1-24-14-7-4-12(5-8-14)19(23)20-15(11-18(21)22)13-6-9-16(25-2)17(10-13)26-3/h4-10,15H,11H2,1-3H3,(H,20,23)(H,21,22)/p-1/t15-/m0/s1. The van der Waals surface area contributed by atoms with Crippen LogP contribution in [-0.4, -0.2) is 33.2 Å². The second kappa shape index (κ2) is 8.75. The van der Waals surface area contributed by atoms with Gasteiger partial charge in [-0.25, -0.2) is 0 Å². The molecule has 7 heteroatoms. The largest absolute Gasteiger partial charge is 0.550 e. The van der Waals surface area contributed by atoms with Crippen molar-refractivity contribution >= 4 is 11.9 Å². The van der Waals surface area contributed by atoms with E-state index in [2.05, 4.69) is 5.32 Å². The number of ether oxygens (including phenoxy) is 3. The number of benzene rings is 2. The van der Waals surface area contributed by atoms with Gasteiger partial charge in [0, 0.05) is 18.0 Å². The topological polar surface area (TPSA) is 96.9 Å². The van der Waals surface area contributed by atoms with Crippen LogP contribution in [0, 0.1) is 0 Å². The maximum atomic E-state index is 12.5. The molecule has 0 spiro atoms. The molecule has 0 saturated heterocycles. The minimum absolute atomic E-state index is 0.378. The van der Waals surface area contributed by atoms with E-state index in [9.17, 15) is 14.7 Å². The van der Waals surface area contributed by atoms with Gasteiger partial charge in [-0.1, -0.05) is 6.07 Å². The first-order chi connectivity index (χ1) is 12.5. The predicted octanol–water partition coefficient (Wildman–Crippen LogP) is 1.32. The van der Waals surface area contributed by atoms with Crippen molar-refractivity contribution in [3.8, 4) is 17.2 Å². The summed E-state index contributed by atoms with van der Waals surface area (Å²) < 4.78 is 15.5. The Labute approximate surface area is 151 Å². The number of hydrogen-bond acceptors (Lipinski definition) is 6. The molecule has 0 aliphatic heterocycles. The van der Waals surface area contributed by atoms with Crippen LogP contribution < -0.4 is 24.6 Å². The van der Waals surface area contributed by atoms with Crippen LogP contribution in [0.3, 0.4) is 0 Å². The summed E-state index contributed by atoms with van der Waals surface area (Å²) in [6, 6.07) is 10.7. The molecule has 1 amide bonds. The number of amides is 1. The van der Waals surface area contributed by atoms with E-state index in [1.165, 1.54) is 21.3 Å². The van der Waals surface area contributed by atoms with Crippen LogP contribution in [0.15, 0.2) is 42.5 Å². The van der Waals surface area contributed by atoms with Crippen molar-refractivity contribution in [2.24, 2.45) is 0 Å².